The number of halogens is 2. The lowest BCUT2D eigenvalue weighted by Gasteiger charge is -2.15. The molecule has 5 aromatic rings. The Morgan fingerprint density at radius 3 is 2.82 bits per heavy atom. The first-order valence-electron chi connectivity index (χ1n) is 11.9. The molecule has 1 aliphatic heterocycles. The predicted octanol–water partition coefficient (Wildman–Crippen LogP) is 4.39. The maximum atomic E-state index is 14.8. The number of carbonyl (C=O) groups excluding carboxylic acids is 1. The van der Waals surface area contributed by atoms with Crippen molar-refractivity contribution in [1.82, 2.24) is 34.7 Å². The average Bonchev–Trinajstić information content (AvgIpc) is 3.69. The quantitative estimate of drug-likeness (QED) is 0.334. The molecule has 2 N–H and O–H groups in total. The number of methoxy groups -OCH3 is 1. The van der Waals surface area contributed by atoms with Crippen molar-refractivity contribution in [3.05, 3.63) is 93.8 Å². The molecule has 0 fully saturated rings. The van der Waals surface area contributed by atoms with Crippen LogP contribution in [-0.2, 0) is 11.2 Å². The largest absolute Gasteiger partial charge is 0.453 e. The number of tetrazole rings is 1. The normalized spacial score (nSPS) is 14.3. The van der Waals surface area contributed by atoms with E-state index in [0.29, 0.717) is 40.6 Å². The lowest BCUT2D eigenvalue weighted by molar-refractivity contribution is 0.187. The number of aromatic amines is 1. The van der Waals surface area contributed by atoms with Gasteiger partial charge in [-0.3, -0.25) is 10.1 Å². The second kappa shape index (κ2) is 9.80. The zero-order valence-electron chi connectivity index (χ0n) is 20.4. The van der Waals surface area contributed by atoms with Crippen LogP contribution in [0.5, 0.6) is 0 Å². The Morgan fingerprint density at radius 1 is 1.18 bits per heavy atom. The van der Waals surface area contributed by atoms with Gasteiger partial charge in [-0.15, -0.1) is 5.10 Å². The highest BCUT2D eigenvalue weighted by atomic mass is 35.5. The number of amides is 1. The summed E-state index contributed by atoms with van der Waals surface area (Å²) in [5.41, 5.74) is 3.74. The van der Waals surface area contributed by atoms with Gasteiger partial charge in [0.15, 0.2) is 0 Å². The van der Waals surface area contributed by atoms with E-state index in [1.54, 1.807) is 34.9 Å². The van der Waals surface area contributed by atoms with Crippen molar-refractivity contribution < 1.29 is 13.9 Å². The summed E-state index contributed by atoms with van der Waals surface area (Å²) in [5, 5.41) is 14.3. The summed E-state index contributed by atoms with van der Waals surface area (Å²) in [7, 11) is 1.23. The predicted molar refractivity (Wildman–Crippen MR) is 140 cm³/mol. The van der Waals surface area contributed by atoms with Gasteiger partial charge in [-0.1, -0.05) is 11.6 Å². The highest BCUT2D eigenvalue weighted by Crippen LogP contribution is 2.34. The Balaban J connectivity index is 1.32. The molecule has 11 nitrogen and oxygen atoms in total. The first kappa shape index (κ1) is 24.5. The Morgan fingerprint density at radius 2 is 2.05 bits per heavy atom. The van der Waals surface area contributed by atoms with Gasteiger partial charge in [0, 0.05) is 33.6 Å². The minimum Gasteiger partial charge on any atom is -0.453 e. The Bertz CT molecular complexity index is 1770. The number of aryl methyl sites for hydroxylation is 1. The van der Waals surface area contributed by atoms with E-state index in [2.05, 4.69) is 35.5 Å². The average molecular weight is 547 g/mol. The smallest absolute Gasteiger partial charge is 0.411 e. The highest BCUT2D eigenvalue weighted by molar-refractivity contribution is 6.31. The van der Waals surface area contributed by atoms with Crippen molar-refractivity contribution in [3.8, 4) is 28.1 Å². The molecule has 1 amide bonds. The van der Waals surface area contributed by atoms with Crippen LogP contribution >= 0.6 is 11.6 Å². The summed E-state index contributed by atoms with van der Waals surface area (Å²) in [6.07, 6.45) is 3.60. The monoisotopic (exact) mass is 546 g/mol. The van der Waals surface area contributed by atoms with Gasteiger partial charge in [-0.2, -0.15) is 4.68 Å². The van der Waals surface area contributed by atoms with Crippen molar-refractivity contribution in [1.29, 1.82) is 0 Å². The number of ether oxygens (including phenoxy) is 1. The fourth-order valence-corrected chi connectivity index (χ4v) is 5.02. The van der Waals surface area contributed by atoms with Crippen LogP contribution < -0.4 is 10.9 Å². The number of nitrogens with zero attached hydrogens (tertiary/aromatic N) is 6. The maximum Gasteiger partial charge on any atom is 0.411 e. The minimum absolute atomic E-state index is 0.199. The van der Waals surface area contributed by atoms with Crippen LogP contribution in [0.2, 0.25) is 5.02 Å². The number of fused-ring (bicyclic) bond motifs is 1. The number of carbonyl (C=O) groups is 1. The summed E-state index contributed by atoms with van der Waals surface area (Å²) >= 11 is 6.28. The van der Waals surface area contributed by atoms with Crippen LogP contribution in [0.1, 0.15) is 24.0 Å². The number of hydrogen-bond donors (Lipinski definition) is 2. The van der Waals surface area contributed by atoms with Gasteiger partial charge in [0.05, 0.1) is 30.7 Å². The Labute approximate surface area is 225 Å². The fraction of sp³-hybridized carbons (Fsp3) is 0.154. The van der Waals surface area contributed by atoms with E-state index in [9.17, 15) is 14.0 Å². The summed E-state index contributed by atoms with van der Waals surface area (Å²) in [6.45, 7) is 0. The molecule has 0 saturated heterocycles. The molecular weight excluding hydrogens is 527 g/mol. The van der Waals surface area contributed by atoms with Crippen LogP contribution in [0.4, 0.5) is 14.9 Å². The topological polar surface area (TPSA) is 133 Å². The number of rotatable bonds is 5. The maximum absolute atomic E-state index is 14.8. The molecule has 0 aliphatic carbocycles. The lowest BCUT2D eigenvalue weighted by atomic mass is 10.0. The first-order valence-corrected chi connectivity index (χ1v) is 12.3. The number of imidazole rings is 1. The number of aromatic nitrogens is 7. The third-order valence-corrected chi connectivity index (χ3v) is 6.84. The second-order valence-electron chi connectivity index (χ2n) is 8.91. The van der Waals surface area contributed by atoms with E-state index < -0.39 is 11.9 Å². The summed E-state index contributed by atoms with van der Waals surface area (Å²) in [4.78, 5) is 32.4. The molecule has 196 valence electrons. The van der Waals surface area contributed by atoms with E-state index in [1.807, 2.05) is 6.07 Å². The Hall–Kier alpha value is -4.84. The lowest BCUT2D eigenvalue weighted by Crippen LogP contribution is -2.23. The van der Waals surface area contributed by atoms with Crippen molar-refractivity contribution in [2.75, 3.05) is 12.4 Å². The Kier molecular flexibility index (Phi) is 6.15. The van der Waals surface area contributed by atoms with Crippen molar-refractivity contribution in [2.45, 2.75) is 18.9 Å². The zero-order chi connectivity index (χ0) is 27.1. The molecule has 2 aromatic carbocycles. The van der Waals surface area contributed by atoms with Crippen molar-refractivity contribution >= 4 is 23.4 Å². The molecule has 39 heavy (non-hydrogen) atoms. The molecule has 0 bridgehead atoms. The van der Waals surface area contributed by atoms with Crippen LogP contribution in [0.15, 0.2) is 65.8 Å². The molecule has 4 heterocycles. The second-order valence-corrected chi connectivity index (χ2v) is 9.34. The van der Waals surface area contributed by atoms with E-state index in [0.717, 1.165) is 11.3 Å². The van der Waals surface area contributed by atoms with Gasteiger partial charge in [-0.25, -0.2) is 14.2 Å². The van der Waals surface area contributed by atoms with Gasteiger partial charge in [-0.05, 0) is 71.3 Å². The molecule has 0 saturated carbocycles. The molecule has 1 unspecified atom stereocenters. The van der Waals surface area contributed by atoms with Crippen molar-refractivity contribution in [3.63, 3.8) is 0 Å². The van der Waals surface area contributed by atoms with Gasteiger partial charge in [0.25, 0.3) is 5.56 Å². The molecule has 1 atom stereocenters. The summed E-state index contributed by atoms with van der Waals surface area (Å²) in [6, 6.07) is 12.8. The van der Waals surface area contributed by atoms with Gasteiger partial charge in [0.2, 0.25) is 0 Å². The van der Waals surface area contributed by atoms with E-state index in [-0.39, 0.29) is 22.9 Å². The summed E-state index contributed by atoms with van der Waals surface area (Å²) < 4.78 is 22.6. The first-order chi connectivity index (χ1) is 18.9. The standard InChI is InChI=1S/C26H20ClFN8O3/c1-39-26(38)31-16-3-5-18(20(28)11-16)21-12-29-25(32-21)23-7-4-17-8-14(9-24(37)36(17)23)19-10-15(27)2-6-22(19)35-13-30-33-34-35/h2-3,5-6,8-13,23H,4,7H2,1H3,(H,29,32)(H,31,38). The molecule has 1 aliphatic rings. The number of benzene rings is 2. The highest BCUT2D eigenvalue weighted by Gasteiger charge is 2.28. The van der Waals surface area contributed by atoms with Crippen LogP contribution in [0.3, 0.4) is 0 Å². The molecule has 3 aromatic heterocycles. The molecule has 13 heteroatoms. The van der Waals surface area contributed by atoms with E-state index >= 15 is 0 Å². The number of hydrogen-bond acceptors (Lipinski definition) is 7. The van der Waals surface area contributed by atoms with Crippen LogP contribution in [0, 0.1) is 5.82 Å². The van der Waals surface area contributed by atoms with E-state index in [4.69, 9.17) is 11.6 Å². The molecular formula is C26H20ClFN8O3. The molecule has 6 rings (SSSR count). The van der Waals surface area contributed by atoms with Crippen LogP contribution in [-0.4, -0.2) is 47.9 Å². The molecule has 0 spiro atoms. The van der Waals surface area contributed by atoms with Gasteiger partial charge in [0.1, 0.15) is 18.0 Å². The van der Waals surface area contributed by atoms with Crippen molar-refractivity contribution in [2.24, 2.45) is 0 Å². The number of nitrogens with one attached hydrogen (secondary N) is 2. The van der Waals surface area contributed by atoms with E-state index in [1.165, 1.54) is 36.4 Å². The zero-order valence-corrected chi connectivity index (χ0v) is 21.2. The minimum atomic E-state index is -0.693. The number of H-pyrrole nitrogens is 1. The van der Waals surface area contributed by atoms with Crippen LogP contribution in [0.25, 0.3) is 28.1 Å². The molecule has 0 radical (unpaired) electrons. The van der Waals surface area contributed by atoms with Gasteiger partial charge < -0.3 is 14.3 Å². The third-order valence-electron chi connectivity index (χ3n) is 6.60. The SMILES string of the molecule is COC(=O)Nc1ccc(-c2cnc(C3CCc4cc(-c5cc(Cl)ccc5-n5cnnn5)cc(=O)n43)[nH]2)c(F)c1. The van der Waals surface area contributed by atoms with Gasteiger partial charge >= 0.3 is 6.09 Å². The number of pyridine rings is 1. The third kappa shape index (κ3) is 4.55. The number of anilines is 1. The fourth-order valence-electron chi connectivity index (χ4n) is 4.84. The summed E-state index contributed by atoms with van der Waals surface area (Å²) in [5.74, 6) is -0.000427.